The third-order valence-electron chi connectivity index (χ3n) is 5.34. The largest absolute Gasteiger partial charge is 0.299 e. The van der Waals surface area contributed by atoms with Crippen molar-refractivity contribution in [3.63, 3.8) is 0 Å². The molecule has 0 aromatic carbocycles. The van der Waals surface area contributed by atoms with E-state index in [0.29, 0.717) is 11.7 Å². The molecule has 1 saturated carbocycles. The van der Waals surface area contributed by atoms with Gasteiger partial charge in [0.1, 0.15) is 5.78 Å². The molecule has 1 aliphatic carbocycles. The van der Waals surface area contributed by atoms with Crippen molar-refractivity contribution in [2.24, 2.45) is 5.92 Å². The van der Waals surface area contributed by atoms with Crippen molar-refractivity contribution in [1.29, 1.82) is 0 Å². The lowest BCUT2D eigenvalue weighted by atomic mass is 9.99. The van der Waals surface area contributed by atoms with E-state index in [-0.39, 0.29) is 0 Å². The van der Waals surface area contributed by atoms with Crippen LogP contribution in [0.5, 0.6) is 0 Å². The highest BCUT2D eigenvalue weighted by molar-refractivity contribution is 5.82. The fraction of sp³-hybridized carbons (Fsp3) is 0.640. The minimum atomic E-state index is 0.314. The Morgan fingerprint density at radius 2 is 1.31 bits per heavy atom. The molecule has 1 nitrogen and oxygen atoms in total. The van der Waals surface area contributed by atoms with E-state index < -0.39 is 0 Å². The summed E-state index contributed by atoms with van der Waals surface area (Å²) in [7, 11) is 0. The summed E-state index contributed by atoms with van der Waals surface area (Å²) in [6.07, 6.45) is 20.3. The summed E-state index contributed by atoms with van der Waals surface area (Å²) < 4.78 is 0. The van der Waals surface area contributed by atoms with E-state index in [2.05, 4.69) is 58.9 Å². The third-order valence-corrected chi connectivity index (χ3v) is 5.34. The molecule has 0 aliphatic heterocycles. The number of Topliss-reactive ketones (excluding diaryl/α,β-unsaturated/α-hetero) is 1. The molecular weight excluding hydrogens is 316 g/mol. The Labute approximate surface area is 162 Å². The number of ketones is 1. The number of hydrogen-bond donors (Lipinski definition) is 0. The predicted octanol–water partition coefficient (Wildman–Crippen LogP) is 7.89. The van der Waals surface area contributed by atoms with Crippen LogP contribution in [-0.4, -0.2) is 5.78 Å². The van der Waals surface area contributed by atoms with Crippen LogP contribution >= 0.6 is 0 Å². The summed E-state index contributed by atoms with van der Waals surface area (Å²) >= 11 is 0. The Kier molecular flexibility index (Phi) is 11.2. The Bertz CT molecular complexity index is 553. The number of carbonyl (C=O) groups excluding carboxylic acids is 1. The maximum absolute atomic E-state index is 11.7. The van der Waals surface area contributed by atoms with Crippen molar-refractivity contribution in [2.45, 2.75) is 98.8 Å². The Hall–Kier alpha value is -1.37. The summed E-state index contributed by atoms with van der Waals surface area (Å²) in [5, 5.41) is 0. The fourth-order valence-corrected chi connectivity index (χ4v) is 3.47. The maximum Gasteiger partial charge on any atom is 0.136 e. The molecule has 1 unspecified atom stereocenters. The van der Waals surface area contributed by atoms with Gasteiger partial charge in [-0.1, -0.05) is 46.6 Å². The zero-order valence-electron chi connectivity index (χ0n) is 17.9. The first-order valence-corrected chi connectivity index (χ1v) is 10.5. The lowest BCUT2D eigenvalue weighted by molar-refractivity contribution is -0.120. The zero-order chi connectivity index (χ0) is 19.4. The Morgan fingerprint density at radius 3 is 1.77 bits per heavy atom. The molecule has 0 amide bonds. The number of rotatable bonds is 11. The summed E-state index contributed by atoms with van der Waals surface area (Å²) in [5.74, 6) is 0.794. The van der Waals surface area contributed by atoms with E-state index in [4.69, 9.17) is 0 Å². The molecule has 0 aromatic heterocycles. The van der Waals surface area contributed by atoms with Crippen LogP contribution < -0.4 is 0 Å². The van der Waals surface area contributed by atoms with Crippen molar-refractivity contribution < 1.29 is 4.79 Å². The van der Waals surface area contributed by atoms with Crippen molar-refractivity contribution in [3.8, 4) is 0 Å². The van der Waals surface area contributed by atoms with E-state index >= 15 is 0 Å². The van der Waals surface area contributed by atoms with E-state index in [0.717, 1.165) is 51.4 Å². The summed E-state index contributed by atoms with van der Waals surface area (Å²) in [6, 6.07) is 0. The van der Waals surface area contributed by atoms with Crippen LogP contribution in [0.4, 0.5) is 0 Å². The second-order valence-electron chi connectivity index (χ2n) is 8.34. The van der Waals surface area contributed by atoms with Gasteiger partial charge in [-0.3, -0.25) is 4.79 Å². The smallest absolute Gasteiger partial charge is 0.136 e. The molecule has 0 radical (unpaired) electrons. The van der Waals surface area contributed by atoms with Crippen LogP contribution in [0, 0.1) is 5.92 Å². The molecule has 26 heavy (non-hydrogen) atoms. The Morgan fingerprint density at radius 1 is 0.808 bits per heavy atom. The van der Waals surface area contributed by atoms with Gasteiger partial charge in [0, 0.05) is 12.3 Å². The molecule has 0 spiro atoms. The van der Waals surface area contributed by atoms with Gasteiger partial charge in [0.15, 0.2) is 0 Å². The fourth-order valence-electron chi connectivity index (χ4n) is 3.47. The van der Waals surface area contributed by atoms with Crippen LogP contribution in [0.15, 0.2) is 46.6 Å². The molecule has 1 rings (SSSR count). The lowest BCUT2D eigenvalue weighted by Gasteiger charge is -2.05. The monoisotopic (exact) mass is 356 g/mol. The molecule has 1 fully saturated rings. The number of carbonyl (C=O) groups is 1. The molecule has 146 valence electrons. The maximum atomic E-state index is 11.7. The molecule has 0 saturated heterocycles. The average molecular weight is 357 g/mol. The minimum Gasteiger partial charge on any atom is -0.299 e. The van der Waals surface area contributed by atoms with Crippen LogP contribution in [0.2, 0.25) is 0 Å². The van der Waals surface area contributed by atoms with E-state index in [1.165, 1.54) is 35.1 Å². The summed E-state index contributed by atoms with van der Waals surface area (Å²) in [5.41, 5.74) is 5.85. The molecule has 1 atom stereocenters. The lowest BCUT2D eigenvalue weighted by Crippen LogP contribution is -2.04. The van der Waals surface area contributed by atoms with E-state index in [9.17, 15) is 4.79 Å². The van der Waals surface area contributed by atoms with Gasteiger partial charge < -0.3 is 0 Å². The van der Waals surface area contributed by atoms with Gasteiger partial charge in [0.2, 0.25) is 0 Å². The van der Waals surface area contributed by atoms with Crippen LogP contribution in [0.3, 0.4) is 0 Å². The SMILES string of the molecule is CC(C)=CCC/C(C)=C/CC/C(C)=C/CC/C(C)=C/CC1CCCC1=O. The molecule has 1 aliphatic rings. The second kappa shape index (κ2) is 12.9. The normalized spacial score (nSPS) is 19.2. The van der Waals surface area contributed by atoms with Crippen molar-refractivity contribution in [1.82, 2.24) is 0 Å². The standard InChI is InChI=1S/C25H40O/c1-20(2)10-6-11-21(3)12-7-13-22(4)14-8-15-23(5)18-19-24-16-9-17-25(24)26/h10,12,14,18,24H,6-9,11,13,15-17,19H2,1-5H3/b21-12+,22-14+,23-18+. The highest BCUT2D eigenvalue weighted by Gasteiger charge is 2.22. The molecule has 0 N–H and O–H groups in total. The average Bonchev–Trinajstić information content (AvgIpc) is 2.97. The number of hydrogen-bond acceptors (Lipinski definition) is 1. The highest BCUT2D eigenvalue weighted by atomic mass is 16.1. The van der Waals surface area contributed by atoms with Gasteiger partial charge in [0.05, 0.1) is 0 Å². The summed E-state index contributed by atoms with van der Waals surface area (Å²) in [4.78, 5) is 11.7. The Balaban J connectivity index is 2.22. The van der Waals surface area contributed by atoms with E-state index in [1.807, 2.05) is 0 Å². The van der Waals surface area contributed by atoms with E-state index in [1.54, 1.807) is 0 Å². The van der Waals surface area contributed by atoms with Gasteiger partial charge in [-0.2, -0.15) is 0 Å². The van der Waals surface area contributed by atoms with Crippen molar-refractivity contribution in [3.05, 3.63) is 46.6 Å². The summed E-state index contributed by atoms with van der Waals surface area (Å²) in [6.45, 7) is 11.0. The predicted molar refractivity (Wildman–Crippen MR) is 115 cm³/mol. The quantitative estimate of drug-likeness (QED) is 0.344. The first kappa shape index (κ1) is 22.7. The van der Waals surface area contributed by atoms with Crippen LogP contribution in [-0.2, 0) is 4.79 Å². The molecule has 1 heteroatoms. The van der Waals surface area contributed by atoms with Gasteiger partial charge in [-0.05, 0) is 92.4 Å². The van der Waals surface area contributed by atoms with Gasteiger partial charge in [0.25, 0.3) is 0 Å². The minimum absolute atomic E-state index is 0.314. The van der Waals surface area contributed by atoms with Gasteiger partial charge >= 0.3 is 0 Å². The van der Waals surface area contributed by atoms with Crippen LogP contribution in [0.1, 0.15) is 98.8 Å². The zero-order valence-corrected chi connectivity index (χ0v) is 17.9. The van der Waals surface area contributed by atoms with Gasteiger partial charge in [-0.15, -0.1) is 0 Å². The van der Waals surface area contributed by atoms with Gasteiger partial charge in [-0.25, -0.2) is 0 Å². The first-order valence-electron chi connectivity index (χ1n) is 10.5. The van der Waals surface area contributed by atoms with Crippen molar-refractivity contribution in [2.75, 3.05) is 0 Å². The van der Waals surface area contributed by atoms with Crippen LogP contribution in [0.25, 0.3) is 0 Å². The second-order valence-corrected chi connectivity index (χ2v) is 8.34. The number of allylic oxidation sites excluding steroid dienone is 8. The molecule has 0 bridgehead atoms. The van der Waals surface area contributed by atoms with Crippen molar-refractivity contribution >= 4 is 5.78 Å². The molecule has 0 aromatic rings. The molecule has 0 heterocycles. The third kappa shape index (κ3) is 10.6. The first-order chi connectivity index (χ1) is 12.4. The topological polar surface area (TPSA) is 17.1 Å². The molecular formula is C25H40O. The highest BCUT2D eigenvalue weighted by Crippen LogP contribution is 2.25.